The molecule has 0 aliphatic rings. The van der Waals surface area contributed by atoms with Crippen molar-refractivity contribution in [3.05, 3.63) is 33.7 Å². The minimum Gasteiger partial charge on any atom is -0.481 e. The highest BCUT2D eigenvalue weighted by atomic mass is 16.4. The number of hydrogen-bond acceptors (Lipinski definition) is 2. The van der Waals surface area contributed by atoms with Gasteiger partial charge in [0, 0.05) is 17.8 Å². The molecule has 14 heavy (non-hydrogen) atoms. The van der Waals surface area contributed by atoms with Gasteiger partial charge in [-0.25, -0.2) is 0 Å². The molecule has 1 aromatic rings. The SMILES string of the molecule is Cc1cc(=O)[nH]cc1C#CCC(=O)O. The molecule has 0 radical (unpaired) electrons. The van der Waals surface area contributed by atoms with Crippen LogP contribution in [0.25, 0.3) is 0 Å². The van der Waals surface area contributed by atoms with Gasteiger partial charge in [0.25, 0.3) is 0 Å². The van der Waals surface area contributed by atoms with Crippen molar-refractivity contribution in [2.24, 2.45) is 0 Å². The largest absolute Gasteiger partial charge is 0.481 e. The van der Waals surface area contributed by atoms with E-state index in [-0.39, 0.29) is 12.0 Å². The first-order chi connectivity index (χ1) is 6.59. The zero-order chi connectivity index (χ0) is 10.6. The van der Waals surface area contributed by atoms with E-state index in [1.54, 1.807) is 6.92 Å². The summed E-state index contributed by atoms with van der Waals surface area (Å²) in [5.41, 5.74) is 1.20. The first kappa shape index (κ1) is 10.1. The smallest absolute Gasteiger partial charge is 0.315 e. The van der Waals surface area contributed by atoms with Crippen LogP contribution in [0.15, 0.2) is 17.1 Å². The molecule has 4 heteroatoms. The molecule has 72 valence electrons. The molecule has 0 spiro atoms. The van der Waals surface area contributed by atoms with Gasteiger partial charge < -0.3 is 10.1 Å². The van der Waals surface area contributed by atoms with Crippen molar-refractivity contribution in [3.63, 3.8) is 0 Å². The Labute approximate surface area is 80.6 Å². The molecule has 0 bridgehead atoms. The summed E-state index contributed by atoms with van der Waals surface area (Å²) in [5.74, 6) is 4.20. The first-order valence-electron chi connectivity index (χ1n) is 3.99. The molecule has 0 aliphatic carbocycles. The summed E-state index contributed by atoms with van der Waals surface area (Å²) in [7, 11) is 0. The molecule has 0 atom stereocenters. The first-order valence-corrected chi connectivity index (χ1v) is 3.99. The number of aromatic nitrogens is 1. The molecule has 1 rings (SSSR count). The van der Waals surface area contributed by atoms with Crippen LogP contribution in [0.4, 0.5) is 0 Å². The molecule has 0 aliphatic heterocycles. The Morgan fingerprint density at radius 2 is 2.36 bits per heavy atom. The van der Waals surface area contributed by atoms with Crippen molar-refractivity contribution in [1.29, 1.82) is 0 Å². The van der Waals surface area contributed by atoms with Crippen molar-refractivity contribution in [3.8, 4) is 11.8 Å². The van der Waals surface area contributed by atoms with Crippen LogP contribution in [0.1, 0.15) is 17.5 Å². The predicted octanol–water partition coefficient (Wildman–Crippen LogP) is 0.510. The number of rotatable bonds is 1. The molecule has 4 nitrogen and oxygen atoms in total. The van der Waals surface area contributed by atoms with Crippen molar-refractivity contribution < 1.29 is 9.90 Å². The quantitative estimate of drug-likeness (QED) is 0.635. The normalized spacial score (nSPS) is 8.93. The highest BCUT2D eigenvalue weighted by molar-refractivity contribution is 5.70. The number of carboxylic acids is 1. The third-order valence-electron chi connectivity index (χ3n) is 1.59. The summed E-state index contributed by atoms with van der Waals surface area (Å²) in [4.78, 5) is 23.5. The van der Waals surface area contributed by atoms with Crippen LogP contribution in [-0.4, -0.2) is 16.1 Å². The second-order valence-corrected chi connectivity index (χ2v) is 2.77. The maximum absolute atomic E-state index is 10.8. The van der Waals surface area contributed by atoms with Gasteiger partial charge in [-0.1, -0.05) is 11.8 Å². The fourth-order valence-electron chi connectivity index (χ4n) is 0.923. The van der Waals surface area contributed by atoms with E-state index < -0.39 is 5.97 Å². The number of nitrogens with one attached hydrogen (secondary N) is 1. The number of hydrogen-bond donors (Lipinski definition) is 2. The van der Waals surface area contributed by atoms with E-state index in [4.69, 9.17) is 5.11 Å². The number of aliphatic carboxylic acids is 1. The summed E-state index contributed by atoms with van der Waals surface area (Å²) < 4.78 is 0. The van der Waals surface area contributed by atoms with Gasteiger partial charge >= 0.3 is 5.97 Å². The van der Waals surface area contributed by atoms with Crippen molar-refractivity contribution >= 4 is 5.97 Å². The minimum absolute atomic E-state index is 0.189. The van der Waals surface area contributed by atoms with E-state index in [0.717, 1.165) is 5.56 Å². The average molecular weight is 191 g/mol. The maximum Gasteiger partial charge on any atom is 0.315 e. The summed E-state index contributed by atoms with van der Waals surface area (Å²) >= 11 is 0. The van der Waals surface area contributed by atoms with Gasteiger partial charge in [-0.2, -0.15) is 0 Å². The summed E-state index contributed by atoms with van der Waals surface area (Å²) in [5, 5.41) is 8.34. The Bertz CT molecular complexity index is 462. The van der Waals surface area contributed by atoms with E-state index in [2.05, 4.69) is 16.8 Å². The van der Waals surface area contributed by atoms with Crippen molar-refractivity contribution in [2.45, 2.75) is 13.3 Å². The van der Waals surface area contributed by atoms with Crippen molar-refractivity contribution in [2.75, 3.05) is 0 Å². The number of H-pyrrole nitrogens is 1. The highest BCUT2D eigenvalue weighted by Gasteiger charge is 1.94. The highest BCUT2D eigenvalue weighted by Crippen LogP contribution is 1.99. The number of carbonyl (C=O) groups is 1. The number of aromatic amines is 1. The maximum atomic E-state index is 10.8. The Balaban J connectivity index is 2.90. The monoisotopic (exact) mass is 191 g/mol. The predicted molar refractivity (Wildman–Crippen MR) is 50.9 cm³/mol. The summed E-state index contributed by atoms with van der Waals surface area (Å²) in [6, 6.07) is 1.42. The van der Waals surface area contributed by atoms with Crippen LogP contribution >= 0.6 is 0 Å². The van der Waals surface area contributed by atoms with Gasteiger partial charge in [-0.05, 0) is 12.5 Å². The zero-order valence-corrected chi connectivity index (χ0v) is 7.63. The lowest BCUT2D eigenvalue weighted by Gasteiger charge is -1.94. The van der Waals surface area contributed by atoms with E-state index >= 15 is 0 Å². The summed E-state index contributed by atoms with van der Waals surface area (Å²) in [6.07, 6.45) is 1.28. The molecule has 1 heterocycles. The van der Waals surface area contributed by atoms with Crippen LogP contribution in [0, 0.1) is 18.8 Å². The van der Waals surface area contributed by atoms with Gasteiger partial charge in [0.1, 0.15) is 6.42 Å². The standard InChI is InChI=1S/C10H9NO3/c1-7-5-9(12)11-6-8(7)3-2-4-10(13)14/h5-6H,4H2,1H3,(H,11,12)(H,13,14). The third-order valence-corrected chi connectivity index (χ3v) is 1.59. The van der Waals surface area contributed by atoms with Gasteiger partial charge in [-0.3, -0.25) is 9.59 Å². The lowest BCUT2D eigenvalue weighted by Crippen LogP contribution is -2.04. The Hall–Kier alpha value is -2.02. The molecule has 0 saturated heterocycles. The lowest BCUT2D eigenvalue weighted by molar-refractivity contribution is -0.135. The average Bonchev–Trinajstić information content (AvgIpc) is 2.08. The number of pyridine rings is 1. The molecule has 2 N–H and O–H groups in total. The fourth-order valence-corrected chi connectivity index (χ4v) is 0.923. The van der Waals surface area contributed by atoms with E-state index in [0.29, 0.717) is 5.56 Å². The van der Waals surface area contributed by atoms with Gasteiger partial charge in [-0.15, -0.1) is 0 Å². The molecule has 0 saturated carbocycles. The van der Waals surface area contributed by atoms with Crippen LogP contribution in [0.5, 0.6) is 0 Å². The lowest BCUT2D eigenvalue weighted by atomic mass is 10.1. The molecular formula is C10H9NO3. The van der Waals surface area contributed by atoms with Gasteiger partial charge in [0.2, 0.25) is 5.56 Å². The Morgan fingerprint density at radius 3 is 2.93 bits per heavy atom. The minimum atomic E-state index is -0.959. The molecular weight excluding hydrogens is 182 g/mol. The van der Waals surface area contributed by atoms with E-state index in [1.807, 2.05) is 0 Å². The molecule has 0 aromatic carbocycles. The second-order valence-electron chi connectivity index (χ2n) is 2.77. The van der Waals surface area contributed by atoms with Crippen LogP contribution in [0.2, 0.25) is 0 Å². The molecule has 0 amide bonds. The number of aryl methyl sites for hydroxylation is 1. The Morgan fingerprint density at radius 1 is 1.64 bits per heavy atom. The topological polar surface area (TPSA) is 70.2 Å². The molecule has 0 unspecified atom stereocenters. The fraction of sp³-hybridized carbons (Fsp3) is 0.200. The van der Waals surface area contributed by atoms with Crippen LogP contribution in [-0.2, 0) is 4.79 Å². The van der Waals surface area contributed by atoms with E-state index in [9.17, 15) is 9.59 Å². The third kappa shape index (κ3) is 2.79. The summed E-state index contributed by atoms with van der Waals surface area (Å²) in [6.45, 7) is 1.75. The van der Waals surface area contributed by atoms with Gasteiger partial charge in [0.05, 0.1) is 0 Å². The van der Waals surface area contributed by atoms with Gasteiger partial charge in [0.15, 0.2) is 0 Å². The van der Waals surface area contributed by atoms with Crippen LogP contribution in [0.3, 0.4) is 0 Å². The van der Waals surface area contributed by atoms with Crippen LogP contribution < -0.4 is 5.56 Å². The number of carboxylic acid groups (broad SMARTS) is 1. The zero-order valence-electron chi connectivity index (χ0n) is 7.63. The second kappa shape index (κ2) is 4.28. The Kier molecular flexibility index (Phi) is 3.08. The molecule has 1 aromatic heterocycles. The van der Waals surface area contributed by atoms with Crippen molar-refractivity contribution in [1.82, 2.24) is 4.98 Å². The molecule has 0 fully saturated rings. The van der Waals surface area contributed by atoms with E-state index in [1.165, 1.54) is 12.3 Å².